The van der Waals surface area contributed by atoms with Crippen molar-refractivity contribution in [2.24, 2.45) is 23.7 Å². The normalized spacial score (nSPS) is 49.7. The second-order valence-corrected chi connectivity index (χ2v) is 16.5. The minimum absolute atomic E-state index is 0.0936. The number of rotatable bonds is 7. The summed E-state index contributed by atoms with van der Waals surface area (Å²) in [5.74, 6) is -4.98. The highest BCUT2D eigenvalue weighted by molar-refractivity contribution is 5.83. The fraction of sp³-hybridized carbons (Fsp3) is 0.946. The van der Waals surface area contributed by atoms with Gasteiger partial charge < -0.3 is 58.9 Å². The van der Waals surface area contributed by atoms with Crippen LogP contribution in [0.5, 0.6) is 0 Å². The highest BCUT2D eigenvalue weighted by Crippen LogP contribution is 2.40. The summed E-state index contributed by atoms with van der Waals surface area (Å²) in [4.78, 5) is 29.8. The van der Waals surface area contributed by atoms with Crippen molar-refractivity contribution in [1.29, 1.82) is 0 Å². The summed E-state index contributed by atoms with van der Waals surface area (Å²) in [7, 11) is 5.18. The Morgan fingerprint density at radius 1 is 0.980 bits per heavy atom. The molecule has 3 saturated heterocycles. The van der Waals surface area contributed by atoms with Gasteiger partial charge in [0.2, 0.25) is 0 Å². The molecule has 0 radical (unpaired) electrons. The lowest BCUT2D eigenvalue weighted by Crippen LogP contribution is -2.61. The van der Waals surface area contributed by atoms with Gasteiger partial charge in [-0.15, -0.1) is 0 Å². The number of hydrogen-bond acceptors (Lipinski definition) is 14. The van der Waals surface area contributed by atoms with Gasteiger partial charge in [-0.25, -0.2) is 0 Å². The van der Waals surface area contributed by atoms with Gasteiger partial charge in [0.05, 0.1) is 47.6 Å². The van der Waals surface area contributed by atoms with Crippen LogP contribution < -0.4 is 0 Å². The van der Waals surface area contributed by atoms with Crippen LogP contribution in [0.4, 0.5) is 0 Å². The molecule has 14 nitrogen and oxygen atoms in total. The molecule has 0 saturated carbocycles. The number of ketones is 1. The van der Waals surface area contributed by atoms with Crippen molar-refractivity contribution in [1.82, 2.24) is 4.90 Å². The summed E-state index contributed by atoms with van der Waals surface area (Å²) >= 11 is 0. The highest BCUT2D eigenvalue weighted by Gasteiger charge is 2.53. The third-order valence-electron chi connectivity index (χ3n) is 11.8. The number of methoxy groups -OCH3 is 1. The van der Waals surface area contributed by atoms with Crippen molar-refractivity contribution in [2.75, 3.05) is 21.2 Å². The number of nitrogens with zero attached hydrogens (tertiary/aromatic N) is 1. The number of cyclic esters (lactones) is 1. The second-order valence-electron chi connectivity index (χ2n) is 16.5. The SMILES string of the molecule is CC[14C@H]1O[14C](=O)[C@H](C)[14C@@H](O[C@@H]2C[C@](C)(OC)[C@H](O)[C@@H](C)O2)[C@H](C)[14C@@H](O[C@H]2O[C@@H](C)C[C@@H](N(C)C)[C@@H]2O)[C@](C)(O)[14CH2][C@@H](C)[14C](=O)[C@H](C)[14C@@H](O)[C@]1(C)O. The zero-order valence-electron chi connectivity index (χ0n) is 32.9. The van der Waals surface area contributed by atoms with Crippen LogP contribution in [0, 0.1) is 23.7 Å². The molecule has 3 fully saturated rings. The molecule has 0 aliphatic carbocycles. The van der Waals surface area contributed by atoms with Crippen molar-refractivity contribution in [3.05, 3.63) is 0 Å². The van der Waals surface area contributed by atoms with Crippen LogP contribution in [-0.2, 0) is 38.0 Å². The maximum absolute atomic E-state index is 14.1. The zero-order chi connectivity index (χ0) is 39.0. The van der Waals surface area contributed by atoms with Crippen molar-refractivity contribution >= 4 is 11.8 Å². The zero-order valence-corrected chi connectivity index (χ0v) is 32.9. The van der Waals surface area contributed by atoms with Crippen LogP contribution in [-0.4, -0.2) is 148 Å². The quantitative estimate of drug-likeness (QED) is 0.237. The smallest absolute Gasteiger partial charge is 0.311 e. The molecule has 3 aliphatic heterocycles. The first-order valence-corrected chi connectivity index (χ1v) is 18.5. The summed E-state index contributed by atoms with van der Waals surface area (Å²) in [6.07, 6.45) is -9.71. The first-order valence-electron chi connectivity index (χ1n) is 18.5. The van der Waals surface area contributed by atoms with E-state index in [1.165, 1.54) is 27.9 Å². The van der Waals surface area contributed by atoms with E-state index in [9.17, 15) is 35.1 Å². The molecule has 0 aromatic carbocycles. The third-order valence-corrected chi connectivity index (χ3v) is 11.8. The van der Waals surface area contributed by atoms with E-state index >= 15 is 0 Å². The Kier molecular flexibility index (Phi) is 14.7. The first-order chi connectivity index (χ1) is 23.4. The van der Waals surface area contributed by atoms with Gasteiger partial charge in [0.1, 0.15) is 29.7 Å². The topological polar surface area (TPSA) is 194 Å². The van der Waals surface area contributed by atoms with E-state index in [-0.39, 0.29) is 31.4 Å². The summed E-state index contributed by atoms with van der Waals surface area (Å²) in [5.41, 5.74) is -4.84. The molecule has 298 valence electrons. The molecule has 18 atom stereocenters. The van der Waals surface area contributed by atoms with Crippen LogP contribution in [0.3, 0.4) is 0 Å². The number of aliphatic hydroxyl groups is 5. The first kappa shape index (κ1) is 44.1. The Labute approximate surface area is 304 Å². The molecule has 51 heavy (non-hydrogen) atoms. The van der Waals surface area contributed by atoms with Gasteiger partial charge in [-0.3, -0.25) is 9.59 Å². The van der Waals surface area contributed by atoms with Gasteiger partial charge in [-0.05, 0) is 74.9 Å². The minimum atomic E-state index is -1.99. The summed E-state index contributed by atoms with van der Waals surface area (Å²) < 4.78 is 37.1. The monoisotopic (exact) mass is 747 g/mol. The van der Waals surface area contributed by atoms with E-state index in [0.717, 1.165) is 0 Å². The highest BCUT2D eigenvalue weighted by atomic mass is 16.9. The van der Waals surface area contributed by atoms with E-state index in [4.69, 9.17) is 28.4 Å². The van der Waals surface area contributed by atoms with Crippen molar-refractivity contribution in [3.63, 3.8) is 0 Å². The number of carbonyl (C=O) groups excluding carboxylic acids is 2. The Morgan fingerprint density at radius 3 is 2.14 bits per heavy atom. The van der Waals surface area contributed by atoms with Gasteiger partial charge >= 0.3 is 5.97 Å². The van der Waals surface area contributed by atoms with E-state index < -0.39 is 108 Å². The third kappa shape index (κ3) is 9.51. The van der Waals surface area contributed by atoms with Gasteiger partial charge in [0.15, 0.2) is 12.6 Å². The molecule has 3 aliphatic rings. The Hall–Kier alpha value is -1.30. The van der Waals surface area contributed by atoms with Crippen LogP contribution in [0.15, 0.2) is 0 Å². The number of hydrogen-bond donors (Lipinski definition) is 5. The van der Waals surface area contributed by atoms with Crippen LogP contribution in [0.25, 0.3) is 0 Å². The number of ether oxygens (including phenoxy) is 6. The Balaban J connectivity index is 2.18. The lowest BCUT2D eigenvalue weighted by atomic mass is 9.88. The summed E-state index contributed by atoms with van der Waals surface area (Å²) in [6, 6.07) is -0.324. The number of Topliss-reactive ketones (excluding diaryl/α,β-unsaturated/α-hetero) is 1. The number of aliphatic hydroxyl groups excluding tert-OH is 3. The molecule has 3 rings (SSSR count). The second kappa shape index (κ2) is 17.0. The summed E-state index contributed by atoms with van der Waals surface area (Å²) in [5, 5.41) is 57.6. The van der Waals surface area contributed by atoms with Gasteiger partial charge in [-0.1, -0.05) is 27.7 Å². The maximum Gasteiger partial charge on any atom is 0.311 e. The molecule has 0 aromatic rings. The molecule has 5 N–H and O–H groups in total. The van der Waals surface area contributed by atoms with E-state index in [2.05, 4.69) is 0 Å². The van der Waals surface area contributed by atoms with Crippen LogP contribution >= 0.6 is 0 Å². The predicted octanol–water partition coefficient (Wildman–Crippen LogP) is 1.79. The molecular weight excluding hydrogens is 680 g/mol. The molecule has 0 spiro atoms. The minimum Gasteiger partial charge on any atom is -0.459 e. The lowest BCUT2D eigenvalue weighted by Gasteiger charge is -2.49. The van der Waals surface area contributed by atoms with E-state index in [1.54, 1.807) is 41.5 Å². The number of carbonyl (C=O) groups is 2. The Bertz CT molecular complexity index is 1170. The molecule has 3 heterocycles. The molecule has 0 aromatic heterocycles. The molecule has 14 heteroatoms. The predicted molar refractivity (Wildman–Crippen MR) is 186 cm³/mol. The van der Waals surface area contributed by atoms with Gasteiger partial charge in [0.25, 0.3) is 0 Å². The molecule has 0 amide bonds. The fourth-order valence-corrected chi connectivity index (χ4v) is 8.41. The van der Waals surface area contributed by atoms with Crippen molar-refractivity contribution < 1.29 is 63.5 Å². The lowest BCUT2D eigenvalue weighted by molar-refractivity contribution is -0.318. The molecule has 0 unspecified atom stereocenters. The Morgan fingerprint density at radius 2 is 1.59 bits per heavy atom. The van der Waals surface area contributed by atoms with Crippen molar-refractivity contribution in [2.45, 2.75) is 179 Å². The van der Waals surface area contributed by atoms with Gasteiger partial charge in [0, 0.05) is 37.3 Å². The molecule has 0 bridgehead atoms. The van der Waals surface area contributed by atoms with Gasteiger partial charge in [-0.2, -0.15) is 0 Å². The van der Waals surface area contributed by atoms with Crippen LogP contribution in [0.2, 0.25) is 0 Å². The van der Waals surface area contributed by atoms with Crippen LogP contribution in [0.1, 0.15) is 94.9 Å². The fourth-order valence-electron chi connectivity index (χ4n) is 8.41. The maximum atomic E-state index is 14.1. The summed E-state index contributed by atoms with van der Waals surface area (Å²) in [6.45, 7) is 16.3. The van der Waals surface area contributed by atoms with E-state index in [0.29, 0.717) is 6.42 Å². The average molecular weight is 748 g/mol. The molecular formula is C37H67NO13. The van der Waals surface area contributed by atoms with E-state index in [1.807, 2.05) is 25.9 Å². The number of esters is 1. The standard InChI is InChI=1S/C37H67NO13/c1-14-25-37(10,45)30(41)20(4)27(39)18(2)16-35(8,44)32(51-34-28(40)24(38(11)12)15-19(3)47-34)21(5)29(22(6)33(43)49-25)50-26-17-36(9,46-13)31(42)23(7)48-26/h18-26,28-32,34,40-42,44-45H,14-17H2,1-13H3/t18-,19+,20+,21+,22-,23-,24-,25-,26-,28+,29+,30-,31-,32-,34-,35-,36+,37-/m1/s1/i16+2,25+2,27+2,29+2,30+2,32+2,33+2. The average Bonchev–Trinajstić information content (AvgIpc) is 3.05. The largest absolute Gasteiger partial charge is 0.459 e. The van der Waals surface area contributed by atoms with Crippen molar-refractivity contribution in [3.8, 4) is 0 Å². The number of likely N-dealkylation sites (N-methyl/N-ethyl adjacent to an activating group) is 1.